The number of hydrogen-bond donors (Lipinski definition) is 1. The van der Waals surface area contributed by atoms with E-state index in [0.29, 0.717) is 24.5 Å². The Hall–Kier alpha value is -2.17. The molecule has 0 aliphatic carbocycles. The largest absolute Gasteiger partial charge is 0.356 e. The summed E-state index contributed by atoms with van der Waals surface area (Å²) in [4.78, 5) is 11.4. The highest BCUT2D eigenvalue weighted by Crippen LogP contribution is 2.16. The molecule has 0 bridgehead atoms. The summed E-state index contributed by atoms with van der Waals surface area (Å²) >= 11 is 0. The van der Waals surface area contributed by atoms with Crippen LogP contribution in [-0.4, -0.2) is 29.6 Å². The van der Waals surface area contributed by atoms with Crippen LogP contribution in [0, 0.1) is 12.7 Å². The fourth-order valence-electron chi connectivity index (χ4n) is 2.68. The highest BCUT2D eigenvalue weighted by molar-refractivity contribution is 5.44. The lowest BCUT2D eigenvalue weighted by Gasteiger charge is -2.23. The van der Waals surface area contributed by atoms with Gasteiger partial charge in [-0.3, -0.25) is 0 Å². The van der Waals surface area contributed by atoms with Crippen LogP contribution in [-0.2, 0) is 6.42 Å². The van der Waals surface area contributed by atoms with Crippen LogP contribution in [0.4, 0.5) is 16.2 Å². The number of nitrogens with one attached hydrogen (secondary N) is 1. The molecule has 0 saturated carbocycles. The van der Waals surface area contributed by atoms with Crippen molar-refractivity contribution in [2.75, 3.05) is 29.9 Å². The van der Waals surface area contributed by atoms with E-state index in [1.54, 1.807) is 6.07 Å². The second-order valence-electron chi connectivity index (χ2n) is 5.95. The summed E-state index contributed by atoms with van der Waals surface area (Å²) in [6.45, 7) is 8.89. The lowest BCUT2D eigenvalue weighted by atomic mass is 10.1. The summed E-state index contributed by atoms with van der Waals surface area (Å²) in [7, 11) is 0. The van der Waals surface area contributed by atoms with Crippen LogP contribution in [0.1, 0.15) is 37.9 Å². The standard InChI is InChI=1S/C19H27FN4/c1-4-12-24(13-5-2)18-14-15(3)22-19(23-18)21-11-10-16-8-6-7-9-17(16)20/h6-9,14H,4-5,10-13H2,1-3H3,(H,21,22,23). The van der Waals surface area contributed by atoms with Crippen molar-refractivity contribution in [3.05, 3.63) is 47.4 Å². The number of aromatic nitrogens is 2. The number of hydrogen-bond acceptors (Lipinski definition) is 4. The number of rotatable bonds is 9. The van der Waals surface area contributed by atoms with Gasteiger partial charge in [0, 0.05) is 31.4 Å². The first-order chi connectivity index (χ1) is 11.6. The SMILES string of the molecule is CCCN(CCC)c1cc(C)nc(NCCc2ccccc2F)n1. The van der Waals surface area contributed by atoms with E-state index in [1.807, 2.05) is 25.1 Å². The van der Waals surface area contributed by atoms with E-state index in [-0.39, 0.29) is 5.82 Å². The Bertz CT molecular complexity index is 639. The normalized spacial score (nSPS) is 10.7. The summed E-state index contributed by atoms with van der Waals surface area (Å²) in [6.07, 6.45) is 2.77. The molecule has 1 heterocycles. The summed E-state index contributed by atoms with van der Waals surface area (Å²) in [5.74, 6) is 1.40. The molecule has 1 aromatic heterocycles. The van der Waals surface area contributed by atoms with E-state index in [1.165, 1.54) is 6.07 Å². The summed E-state index contributed by atoms with van der Waals surface area (Å²) in [5.41, 5.74) is 1.64. The van der Waals surface area contributed by atoms with Gasteiger partial charge in [0.1, 0.15) is 11.6 Å². The third kappa shape index (κ3) is 5.18. The van der Waals surface area contributed by atoms with Gasteiger partial charge in [-0.15, -0.1) is 0 Å². The fraction of sp³-hybridized carbons (Fsp3) is 0.474. The van der Waals surface area contributed by atoms with E-state index in [4.69, 9.17) is 0 Å². The van der Waals surface area contributed by atoms with Gasteiger partial charge in [-0.1, -0.05) is 32.0 Å². The van der Waals surface area contributed by atoms with Gasteiger partial charge in [0.05, 0.1) is 0 Å². The van der Waals surface area contributed by atoms with E-state index >= 15 is 0 Å². The molecule has 1 aromatic carbocycles. The van der Waals surface area contributed by atoms with Crippen LogP contribution in [0.2, 0.25) is 0 Å². The minimum Gasteiger partial charge on any atom is -0.356 e. The molecule has 0 fully saturated rings. The van der Waals surface area contributed by atoms with Gasteiger partial charge >= 0.3 is 0 Å². The molecule has 0 radical (unpaired) electrons. The molecule has 4 nitrogen and oxygen atoms in total. The van der Waals surface area contributed by atoms with E-state index in [0.717, 1.165) is 37.4 Å². The molecule has 5 heteroatoms. The Kier molecular flexibility index (Phi) is 6.97. The summed E-state index contributed by atoms with van der Waals surface area (Å²) in [5, 5.41) is 3.23. The Morgan fingerprint density at radius 1 is 1.08 bits per heavy atom. The molecule has 130 valence electrons. The first-order valence-corrected chi connectivity index (χ1v) is 8.72. The van der Waals surface area contributed by atoms with Crippen molar-refractivity contribution < 1.29 is 4.39 Å². The average molecular weight is 330 g/mol. The van der Waals surface area contributed by atoms with Crippen molar-refractivity contribution in [2.24, 2.45) is 0 Å². The number of aryl methyl sites for hydroxylation is 1. The lowest BCUT2D eigenvalue weighted by Crippen LogP contribution is -2.26. The van der Waals surface area contributed by atoms with Crippen molar-refractivity contribution in [3.63, 3.8) is 0 Å². The second-order valence-corrected chi connectivity index (χ2v) is 5.95. The fourth-order valence-corrected chi connectivity index (χ4v) is 2.68. The topological polar surface area (TPSA) is 41.1 Å². The van der Waals surface area contributed by atoms with Gasteiger partial charge in [-0.2, -0.15) is 4.98 Å². The van der Waals surface area contributed by atoms with Crippen molar-refractivity contribution in [1.82, 2.24) is 9.97 Å². The highest BCUT2D eigenvalue weighted by Gasteiger charge is 2.09. The Morgan fingerprint density at radius 3 is 2.46 bits per heavy atom. The predicted octanol–water partition coefficient (Wildman–Crippen LogP) is 4.21. The van der Waals surface area contributed by atoms with Crippen LogP contribution >= 0.6 is 0 Å². The zero-order valence-electron chi connectivity index (χ0n) is 14.8. The van der Waals surface area contributed by atoms with Crippen LogP contribution < -0.4 is 10.2 Å². The van der Waals surface area contributed by atoms with Crippen LogP contribution in [0.25, 0.3) is 0 Å². The van der Waals surface area contributed by atoms with Crippen LogP contribution in [0.3, 0.4) is 0 Å². The smallest absolute Gasteiger partial charge is 0.224 e. The lowest BCUT2D eigenvalue weighted by molar-refractivity contribution is 0.610. The highest BCUT2D eigenvalue weighted by atomic mass is 19.1. The van der Waals surface area contributed by atoms with Crippen molar-refractivity contribution in [1.29, 1.82) is 0 Å². The van der Waals surface area contributed by atoms with E-state index in [9.17, 15) is 4.39 Å². The number of halogens is 1. The number of benzene rings is 1. The molecular weight excluding hydrogens is 303 g/mol. The first kappa shape index (κ1) is 18.2. The molecule has 1 N–H and O–H groups in total. The Labute approximate surface area is 144 Å². The molecule has 0 atom stereocenters. The summed E-state index contributed by atoms with van der Waals surface area (Å²) in [6, 6.07) is 8.88. The molecule has 0 aliphatic rings. The van der Waals surface area contributed by atoms with Gasteiger partial charge in [0.25, 0.3) is 0 Å². The average Bonchev–Trinajstić information content (AvgIpc) is 2.56. The van der Waals surface area contributed by atoms with Gasteiger partial charge in [-0.05, 0) is 37.8 Å². The molecule has 0 spiro atoms. The third-order valence-electron chi connectivity index (χ3n) is 3.79. The maximum atomic E-state index is 13.7. The zero-order valence-corrected chi connectivity index (χ0v) is 14.8. The maximum Gasteiger partial charge on any atom is 0.224 e. The van der Waals surface area contributed by atoms with E-state index < -0.39 is 0 Å². The second kappa shape index (κ2) is 9.21. The maximum absolute atomic E-state index is 13.7. The van der Waals surface area contributed by atoms with E-state index in [2.05, 4.69) is 34.0 Å². The van der Waals surface area contributed by atoms with Crippen LogP contribution in [0.15, 0.2) is 30.3 Å². The minimum atomic E-state index is -0.165. The van der Waals surface area contributed by atoms with Crippen molar-refractivity contribution >= 4 is 11.8 Å². The molecule has 2 aromatic rings. The number of nitrogens with zero attached hydrogens (tertiary/aromatic N) is 3. The monoisotopic (exact) mass is 330 g/mol. The van der Waals surface area contributed by atoms with Gasteiger partial charge in [0.2, 0.25) is 5.95 Å². The predicted molar refractivity (Wildman–Crippen MR) is 98.2 cm³/mol. The van der Waals surface area contributed by atoms with Crippen molar-refractivity contribution in [3.8, 4) is 0 Å². The molecule has 24 heavy (non-hydrogen) atoms. The van der Waals surface area contributed by atoms with Gasteiger partial charge in [-0.25, -0.2) is 9.37 Å². The third-order valence-corrected chi connectivity index (χ3v) is 3.79. The molecular formula is C19H27FN4. The van der Waals surface area contributed by atoms with Gasteiger partial charge < -0.3 is 10.2 Å². The molecule has 0 unspecified atom stereocenters. The molecule has 0 amide bonds. The van der Waals surface area contributed by atoms with Crippen LogP contribution in [0.5, 0.6) is 0 Å². The molecule has 0 saturated heterocycles. The minimum absolute atomic E-state index is 0.165. The quantitative estimate of drug-likeness (QED) is 0.748. The molecule has 0 aliphatic heterocycles. The first-order valence-electron chi connectivity index (χ1n) is 8.72. The molecule has 2 rings (SSSR count). The Balaban J connectivity index is 2.03. The summed E-state index contributed by atoms with van der Waals surface area (Å²) < 4.78 is 13.7. The Morgan fingerprint density at radius 2 is 1.79 bits per heavy atom. The number of anilines is 2. The zero-order chi connectivity index (χ0) is 17.4. The van der Waals surface area contributed by atoms with Gasteiger partial charge in [0.15, 0.2) is 0 Å². The van der Waals surface area contributed by atoms with Crippen molar-refractivity contribution in [2.45, 2.75) is 40.0 Å².